The van der Waals surface area contributed by atoms with E-state index < -0.39 is 11.7 Å². The maximum Gasteiger partial charge on any atom is 0.416 e. The summed E-state index contributed by atoms with van der Waals surface area (Å²) < 4.78 is 38.1. The molecule has 2 rings (SSSR count). The average Bonchev–Trinajstić information content (AvgIpc) is 2.39. The normalized spacial score (nSPS) is 11.0. The van der Waals surface area contributed by atoms with Gasteiger partial charge in [-0.1, -0.05) is 23.2 Å². The molecular weight excluding hydrogens is 326 g/mol. The fourth-order valence-corrected chi connectivity index (χ4v) is 1.93. The van der Waals surface area contributed by atoms with Gasteiger partial charge in [0, 0.05) is 0 Å². The standard InChI is InChI=1S/C13H6Cl2F3N3/c14-9-2-1-7(6-19)3-10(9)20-12-5-8(13(16,17)18)4-11(15)21-12/h1-5H,(H,20,21). The Hall–Kier alpha value is -1.97. The second-order valence-electron chi connectivity index (χ2n) is 3.99. The van der Waals surface area contributed by atoms with Crippen LogP contribution in [-0.2, 0) is 6.18 Å². The largest absolute Gasteiger partial charge is 0.416 e. The Morgan fingerprint density at radius 1 is 1.14 bits per heavy atom. The summed E-state index contributed by atoms with van der Waals surface area (Å²) in [6.45, 7) is 0. The fourth-order valence-electron chi connectivity index (χ4n) is 1.55. The molecule has 0 fully saturated rings. The van der Waals surface area contributed by atoms with Crippen LogP contribution >= 0.6 is 23.2 Å². The molecule has 0 spiro atoms. The van der Waals surface area contributed by atoms with Crippen molar-refractivity contribution in [3.8, 4) is 6.07 Å². The first-order valence-electron chi connectivity index (χ1n) is 5.51. The number of halogens is 5. The molecule has 0 aliphatic rings. The zero-order valence-electron chi connectivity index (χ0n) is 10.2. The van der Waals surface area contributed by atoms with E-state index in [1.54, 1.807) is 0 Å². The van der Waals surface area contributed by atoms with Crippen LogP contribution in [0.5, 0.6) is 0 Å². The van der Waals surface area contributed by atoms with Gasteiger partial charge in [-0.05, 0) is 30.3 Å². The Morgan fingerprint density at radius 3 is 2.48 bits per heavy atom. The third-order valence-corrected chi connectivity index (χ3v) is 3.00. The molecule has 0 radical (unpaired) electrons. The predicted molar refractivity (Wildman–Crippen MR) is 73.7 cm³/mol. The maximum atomic E-state index is 12.7. The molecule has 1 aromatic heterocycles. The highest BCUT2D eigenvalue weighted by molar-refractivity contribution is 6.33. The van der Waals surface area contributed by atoms with Crippen molar-refractivity contribution < 1.29 is 13.2 Å². The second kappa shape index (κ2) is 5.80. The monoisotopic (exact) mass is 331 g/mol. The molecule has 8 heteroatoms. The molecule has 2 aromatic rings. The van der Waals surface area contributed by atoms with Crippen LogP contribution in [0, 0.1) is 11.3 Å². The molecule has 1 N–H and O–H groups in total. The number of aromatic nitrogens is 1. The minimum atomic E-state index is -4.54. The smallest absolute Gasteiger partial charge is 0.339 e. The third kappa shape index (κ3) is 3.78. The summed E-state index contributed by atoms with van der Waals surface area (Å²) in [5, 5.41) is 11.4. The Morgan fingerprint density at radius 2 is 1.86 bits per heavy atom. The van der Waals surface area contributed by atoms with Gasteiger partial charge in [-0.25, -0.2) is 4.98 Å². The van der Waals surface area contributed by atoms with Crippen molar-refractivity contribution in [1.82, 2.24) is 4.98 Å². The van der Waals surface area contributed by atoms with Gasteiger partial charge in [0.2, 0.25) is 0 Å². The van der Waals surface area contributed by atoms with Gasteiger partial charge in [0.05, 0.1) is 27.9 Å². The lowest BCUT2D eigenvalue weighted by molar-refractivity contribution is -0.137. The average molecular weight is 332 g/mol. The molecule has 21 heavy (non-hydrogen) atoms. The van der Waals surface area contributed by atoms with Gasteiger partial charge in [-0.3, -0.25) is 0 Å². The number of rotatable bonds is 2. The molecule has 0 amide bonds. The van der Waals surface area contributed by atoms with Crippen LogP contribution in [0.2, 0.25) is 10.2 Å². The minimum absolute atomic E-state index is 0.119. The Kier molecular flexibility index (Phi) is 4.26. The van der Waals surface area contributed by atoms with E-state index in [0.29, 0.717) is 5.56 Å². The van der Waals surface area contributed by atoms with E-state index in [1.807, 2.05) is 6.07 Å². The van der Waals surface area contributed by atoms with Gasteiger partial charge in [0.15, 0.2) is 0 Å². The van der Waals surface area contributed by atoms with Crippen LogP contribution in [0.4, 0.5) is 24.7 Å². The van der Waals surface area contributed by atoms with Crippen LogP contribution in [-0.4, -0.2) is 4.98 Å². The summed E-state index contributed by atoms with van der Waals surface area (Å²) in [6, 6.07) is 7.77. The molecular formula is C13H6Cl2F3N3. The minimum Gasteiger partial charge on any atom is -0.339 e. The molecule has 1 heterocycles. The second-order valence-corrected chi connectivity index (χ2v) is 4.79. The summed E-state index contributed by atoms with van der Waals surface area (Å²) in [5.41, 5.74) is -0.365. The number of nitrogens with zero attached hydrogens (tertiary/aromatic N) is 2. The fraction of sp³-hybridized carbons (Fsp3) is 0.0769. The Balaban J connectivity index is 2.41. The zero-order valence-corrected chi connectivity index (χ0v) is 11.7. The van der Waals surface area contributed by atoms with Crippen molar-refractivity contribution in [3.63, 3.8) is 0 Å². The first-order valence-corrected chi connectivity index (χ1v) is 6.26. The van der Waals surface area contributed by atoms with E-state index in [1.165, 1.54) is 18.2 Å². The van der Waals surface area contributed by atoms with E-state index in [9.17, 15) is 13.2 Å². The Bertz CT molecular complexity index is 724. The van der Waals surface area contributed by atoms with E-state index in [2.05, 4.69) is 10.3 Å². The van der Waals surface area contributed by atoms with Gasteiger partial charge < -0.3 is 5.32 Å². The molecule has 0 saturated carbocycles. The van der Waals surface area contributed by atoms with Gasteiger partial charge >= 0.3 is 6.18 Å². The van der Waals surface area contributed by atoms with Crippen molar-refractivity contribution in [2.75, 3.05) is 5.32 Å². The van der Waals surface area contributed by atoms with Gasteiger partial charge in [0.1, 0.15) is 11.0 Å². The van der Waals surface area contributed by atoms with Crippen molar-refractivity contribution >= 4 is 34.7 Å². The predicted octanol–water partition coefficient (Wildman–Crippen LogP) is 5.02. The number of benzene rings is 1. The quantitative estimate of drug-likeness (QED) is 0.786. The van der Waals surface area contributed by atoms with E-state index in [-0.39, 0.29) is 21.7 Å². The number of anilines is 2. The van der Waals surface area contributed by atoms with Crippen molar-refractivity contribution in [2.45, 2.75) is 6.18 Å². The summed E-state index contributed by atoms with van der Waals surface area (Å²) in [4.78, 5) is 3.75. The lowest BCUT2D eigenvalue weighted by Gasteiger charge is -2.12. The maximum absolute atomic E-state index is 12.7. The van der Waals surface area contributed by atoms with E-state index >= 15 is 0 Å². The highest BCUT2D eigenvalue weighted by atomic mass is 35.5. The van der Waals surface area contributed by atoms with Crippen molar-refractivity contribution in [1.29, 1.82) is 5.26 Å². The number of nitriles is 1. The van der Waals surface area contributed by atoms with Crippen LogP contribution in [0.25, 0.3) is 0 Å². The molecule has 1 aromatic carbocycles. The first kappa shape index (κ1) is 15.4. The molecule has 0 aliphatic heterocycles. The first-order chi connectivity index (χ1) is 9.79. The molecule has 0 unspecified atom stereocenters. The van der Waals surface area contributed by atoms with Gasteiger partial charge in [0.25, 0.3) is 0 Å². The van der Waals surface area contributed by atoms with Crippen LogP contribution in [0.1, 0.15) is 11.1 Å². The molecule has 3 nitrogen and oxygen atoms in total. The highest BCUT2D eigenvalue weighted by Crippen LogP contribution is 2.33. The molecule has 0 aliphatic carbocycles. The SMILES string of the molecule is N#Cc1ccc(Cl)c(Nc2cc(C(F)(F)F)cc(Cl)n2)c1. The summed E-state index contributed by atoms with van der Waals surface area (Å²) in [5.74, 6) is -0.119. The molecule has 0 atom stereocenters. The lowest BCUT2D eigenvalue weighted by atomic mass is 10.2. The highest BCUT2D eigenvalue weighted by Gasteiger charge is 2.31. The molecule has 0 bridgehead atoms. The summed E-state index contributed by atoms with van der Waals surface area (Å²) >= 11 is 11.5. The third-order valence-electron chi connectivity index (χ3n) is 2.48. The zero-order chi connectivity index (χ0) is 15.6. The van der Waals surface area contributed by atoms with Crippen LogP contribution in [0.3, 0.4) is 0 Å². The van der Waals surface area contributed by atoms with E-state index in [0.717, 1.165) is 12.1 Å². The lowest BCUT2D eigenvalue weighted by Crippen LogP contribution is -2.07. The van der Waals surface area contributed by atoms with Crippen molar-refractivity contribution in [3.05, 3.63) is 51.6 Å². The topological polar surface area (TPSA) is 48.7 Å². The van der Waals surface area contributed by atoms with Crippen molar-refractivity contribution in [2.24, 2.45) is 0 Å². The number of alkyl halides is 3. The molecule has 0 saturated heterocycles. The van der Waals surface area contributed by atoms with Gasteiger partial charge in [-0.15, -0.1) is 0 Å². The number of nitrogens with one attached hydrogen (secondary N) is 1. The number of hydrogen-bond acceptors (Lipinski definition) is 3. The molecule has 108 valence electrons. The Labute approximate surface area is 127 Å². The van der Waals surface area contributed by atoms with Crippen LogP contribution in [0.15, 0.2) is 30.3 Å². The summed E-state index contributed by atoms with van der Waals surface area (Å²) in [6.07, 6.45) is -4.54. The summed E-state index contributed by atoms with van der Waals surface area (Å²) in [7, 11) is 0. The van der Waals surface area contributed by atoms with Crippen LogP contribution < -0.4 is 5.32 Å². The number of hydrogen-bond donors (Lipinski definition) is 1. The van der Waals surface area contributed by atoms with Gasteiger partial charge in [-0.2, -0.15) is 18.4 Å². The van der Waals surface area contributed by atoms with E-state index in [4.69, 9.17) is 28.5 Å². The number of pyridine rings is 1.